The van der Waals surface area contributed by atoms with E-state index in [-0.39, 0.29) is 9.92 Å². The zero-order valence-electron chi connectivity index (χ0n) is 10.0. The molecule has 1 aromatic heterocycles. The Bertz CT molecular complexity index is 485. The Kier molecular flexibility index (Phi) is 2.29. The van der Waals surface area contributed by atoms with Crippen molar-refractivity contribution in [3.63, 3.8) is 0 Å². The van der Waals surface area contributed by atoms with Gasteiger partial charge in [-0.1, -0.05) is 11.3 Å². The summed E-state index contributed by atoms with van der Waals surface area (Å²) in [5.41, 5.74) is 0. The van der Waals surface area contributed by atoms with Gasteiger partial charge < -0.3 is 5.32 Å². The molecule has 4 atom stereocenters. The standard InChI is InChI=1S/C13H16N2O2S/c16-15(17)10-4-3-9(18-10)6-14-13-11-7-1-2-8(5-7)12(11)13/h3-4,7-8,11-14H,1-2,5-6H2. The highest BCUT2D eigenvalue weighted by molar-refractivity contribution is 7.15. The topological polar surface area (TPSA) is 55.2 Å². The average molecular weight is 264 g/mol. The third-order valence-electron chi connectivity index (χ3n) is 5.07. The molecule has 0 radical (unpaired) electrons. The molecule has 2 bridgehead atoms. The summed E-state index contributed by atoms with van der Waals surface area (Å²) in [6, 6.07) is 4.19. The van der Waals surface area contributed by atoms with Crippen LogP contribution in [-0.4, -0.2) is 11.0 Å². The Morgan fingerprint density at radius 2 is 2.06 bits per heavy atom. The van der Waals surface area contributed by atoms with E-state index in [4.69, 9.17) is 0 Å². The van der Waals surface area contributed by atoms with E-state index in [0.29, 0.717) is 6.04 Å². The molecule has 4 unspecified atom stereocenters. The molecule has 1 heterocycles. The minimum absolute atomic E-state index is 0.253. The van der Waals surface area contributed by atoms with Gasteiger partial charge in [-0.05, 0) is 49.0 Å². The molecule has 5 heteroatoms. The molecule has 0 amide bonds. The van der Waals surface area contributed by atoms with E-state index < -0.39 is 0 Å². The van der Waals surface area contributed by atoms with Gasteiger partial charge in [-0.15, -0.1) is 0 Å². The van der Waals surface area contributed by atoms with Crippen molar-refractivity contribution >= 4 is 16.3 Å². The SMILES string of the molecule is O=[N+]([O-])c1ccc(CNC2C3C4CCC(C4)C23)s1. The summed E-state index contributed by atoms with van der Waals surface area (Å²) >= 11 is 1.29. The number of nitrogens with zero attached hydrogens (tertiary/aromatic N) is 1. The van der Waals surface area contributed by atoms with Gasteiger partial charge in [0.1, 0.15) is 0 Å². The van der Waals surface area contributed by atoms with Crippen LogP contribution in [-0.2, 0) is 6.54 Å². The lowest BCUT2D eigenvalue weighted by molar-refractivity contribution is -0.380. The second-order valence-corrected chi connectivity index (χ2v) is 7.04. The predicted octanol–water partition coefficient (Wildman–Crippen LogP) is 2.79. The van der Waals surface area contributed by atoms with Crippen molar-refractivity contribution in [3.05, 3.63) is 27.1 Å². The van der Waals surface area contributed by atoms with E-state index in [2.05, 4.69) is 5.32 Å². The maximum absolute atomic E-state index is 10.6. The molecule has 3 saturated carbocycles. The number of hydrogen-bond acceptors (Lipinski definition) is 4. The molecule has 0 spiro atoms. The molecule has 1 N–H and O–H groups in total. The molecule has 0 aromatic carbocycles. The van der Waals surface area contributed by atoms with Crippen molar-refractivity contribution in [2.45, 2.75) is 31.8 Å². The van der Waals surface area contributed by atoms with Crippen LogP contribution in [0, 0.1) is 33.8 Å². The van der Waals surface area contributed by atoms with Crippen LogP contribution in [0.15, 0.2) is 12.1 Å². The Hall–Kier alpha value is -0.940. The fourth-order valence-electron chi connectivity index (χ4n) is 4.38. The van der Waals surface area contributed by atoms with Gasteiger partial charge in [-0.2, -0.15) is 0 Å². The normalized spacial score (nSPS) is 39.9. The highest BCUT2D eigenvalue weighted by Crippen LogP contribution is 2.65. The Labute approximate surface area is 110 Å². The molecule has 0 saturated heterocycles. The molecule has 3 fully saturated rings. The van der Waals surface area contributed by atoms with Gasteiger partial charge in [0.05, 0.1) is 4.92 Å². The fraction of sp³-hybridized carbons (Fsp3) is 0.692. The van der Waals surface area contributed by atoms with E-state index in [1.807, 2.05) is 6.07 Å². The number of nitro groups is 1. The van der Waals surface area contributed by atoms with E-state index in [1.165, 1.54) is 30.6 Å². The van der Waals surface area contributed by atoms with Crippen LogP contribution in [0.5, 0.6) is 0 Å². The lowest BCUT2D eigenvalue weighted by Crippen LogP contribution is -2.21. The van der Waals surface area contributed by atoms with Crippen molar-refractivity contribution < 1.29 is 4.92 Å². The first-order chi connectivity index (χ1) is 8.74. The lowest BCUT2D eigenvalue weighted by atomic mass is 10.0. The molecular formula is C13H16N2O2S. The minimum atomic E-state index is -0.305. The summed E-state index contributed by atoms with van der Waals surface area (Å²) in [5, 5.41) is 14.5. The molecule has 3 aliphatic rings. The van der Waals surface area contributed by atoms with Crippen LogP contribution in [0.3, 0.4) is 0 Å². The summed E-state index contributed by atoms with van der Waals surface area (Å²) in [6.45, 7) is 0.801. The summed E-state index contributed by atoms with van der Waals surface area (Å²) in [4.78, 5) is 11.4. The molecular weight excluding hydrogens is 248 g/mol. The second-order valence-electron chi connectivity index (χ2n) is 5.89. The molecule has 18 heavy (non-hydrogen) atoms. The third kappa shape index (κ3) is 1.53. The van der Waals surface area contributed by atoms with Crippen molar-refractivity contribution in [3.8, 4) is 0 Å². The van der Waals surface area contributed by atoms with Crippen molar-refractivity contribution in [1.29, 1.82) is 0 Å². The van der Waals surface area contributed by atoms with Gasteiger partial charge in [0.2, 0.25) is 0 Å². The summed E-state index contributed by atoms with van der Waals surface area (Å²) in [5.74, 6) is 3.82. The lowest BCUT2D eigenvalue weighted by Gasteiger charge is -2.09. The molecule has 4 nitrogen and oxygen atoms in total. The number of thiophene rings is 1. The number of fused-ring (bicyclic) bond motifs is 5. The maximum Gasteiger partial charge on any atom is 0.324 e. The highest BCUT2D eigenvalue weighted by Gasteiger charge is 2.64. The summed E-state index contributed by atoms with van der Waals surface area (Å²) in [7, 11) is 0. The van der Waals surface area contributed by atoms with Gasteiger partial charge >= 0.3 is 5.00 Å². The van der Waals surface area contributed by atoms with E-state index in [0.717, 1.165) is 35.1 Å². The van der Waals surface area contributed by atoms with Gasteiger partial charge in [-0.3, -0.25) is 10.1 Å². The highest BCUT2D eigenvalue weighted by atomic mass is 32.1. The fourth-order valence-corrected chi connectivity index (χ4v) is 5.15. The van der Waals surface area contributed by atoms with Crippen molar-refractivity contribution in [2.75, 3.05) is 0 Å². The van der Waals surface area contributed by atoms with E-state index >= 15 is 0 Å². The van der Waals surface area contributed by atoms with Crippen molar-refractivity contribution in [1.82, 2.24) is 5.32 Å². The van der Waals surface area contributed by atoms with Crippen LogP contribution < -0.4 is 5.32 Å². The summed E-state index contributed by atoms with van der Waals surface area (Å²) in [6.07, 6.45) is 4.35. The Morgan fingerprint density at radius 1 is 1.33 bits per heavy atom. The van der Waals surface area contributed by atoms with Crippen LogP contribution in [0.2, 0.25) is 0 Å². The second kappa shape index (κ2) is 3.78. The van der Waals surface area contributed by atoms with E-state index in [1.54, 1.807) is 6.07 Å². The van der Waals surface area contributed by atoms with Gasteiger partial charge in [0, 0.05) is 23.5 Å². The first-order valence-corrected chi connectivity index (χ1v) is 7.52. The van der Waals surface area contributed by atoms with Crippen LogP contribution >= 0.6 is 11.3 Å². The van der Waals surface area contributed by atoms with Gasteiger partial charge in [-0.25, -0.2) is 0 Å². The van der Waals surface area contributed by atoms with Crippen LogP contribution in [0.1, 0.15) is 24.1 Å². The first kappa shape index (κ1) is 10.9. The molecule has 3 aliphatic carbocycles. The van der Waals surface area contributed by atoms with E-state index in [9.17, 15) is 10.1 Å². The van der Waals surface area contributed by atoms with Crippen LogP contribution in [0.25, 0.3) is 0 Å². The zero-order chi connectivity index (χ0) is 12.3. The largest absolute Gasteiger partial charge is 0.324 e. The molecule has 0 aliphatic heterocycles. The van der Waals surface area contributed by atoms with Gasteiger partial charge in [0.15, 0.2) is 0 Å². The van der Waals surface area contributed by atoms with Crippen molar-refractivity contribution in [2.24, 2.45) is 23.7 Å². The van der Waals surface area contributed by atoms with Gasteiger partial charge in [0.25, 0.3) is 0 Å². The monoisotopic (exact) mass is 264 g/mol. The molecule has 4 rings (SSSR count). The maximum atomic E-state index is 10.6. The molecule has 1 aromatic rings. The summed E-state index contributed by atoms with van der Waals surface area (Å²) < 4.78 is 0. The predicted molar refractivity (Wildman–Crippen MR) is 69.4 cm³/mol. The first-order valence-electron chi connectivity index (χ1n) is 6.70. The smallest absolute Gasteiger partial charge is 0.309 e. The third-order valence-corrected chi connectivity index (χ3v) is 6.11. The molecule has 96 valence electrons. The Morgan fingerprint density at radius 3 is 2.67 bits per heavy atom. The zero-order valence-corrected chi connectivity index (χ0v) is 10.9. The number of nitrogens with one attached hydrogen (secondary N) is 1. The quantitative estimate of drug-likeness (QED) is 0.672. The Balaban J connectivity index is 1.36. The number of hydrogen-bond donors (Lipinski definition) is 1. The number of rotatable bonds is 4. The van der Waals surface area contributed by atoms with Crippen LogP contribution in [0.4, 0.5) is 5.00 Å². The average Bonchev–Trinajstić information content (AvgIpc) is 2.81. The minimum Gasteiger partial charge on any atom is -0.309 e.